The summed E-state index contributed by atoms with van der Waals surface area (Å²) in [5.74, 6) is 4.22. The number of rotatable bonds is 8. The van der Waals surface area contributed by atoms with Crippen molar-refractivity contribution in [2.75, 3.05) is 13.1 Å². The van der Waals surface area contributed by atoms with Crippen LogP contribution < -0.4 is 10.6 Å². The highest BCUT2D eigenvalue weighted by molar-refractivity contribution is 14.0. The molecule has 4 heterocycles. The van der Waals surface area contributed by atoms with Crippen molar-refractivity contribution in [1.82, 2.24) is 25.4 Å². The van der Waals surface area contributed by atoms with Crippen LogP contribution in [0.3, 0.4) is 0 Å². The van der Waals surface area contributed by atoms with Gasteiger partial charge in [0.25, 0.3) is 0 Å². The fourth-order valence-corrected chi connectivity index (χ4v) is 4.23. The van der Waals surface area contributed by atoms with Crippen molar-refractivity contribution in [3.8, 4) is 0 Å². The summed E-state index contributed by atoms with van der Waals surface area (Å²) in [4.78, 5) is 10.9. The molecule has 31 heavy (non-hydrogen) atoms. The quantitative estimate of drug-likeness (QED) is 0.250. The van der Waals surface area contributed by atoms with Gasteiger partial charge >= 0.3 is 0 Å². The van der Waals surface area contributed by atoms with Crippen LogP contribution >= 0.6 is 35.3 Å². The summed E-state index contributed by atoms with van der Waals surface area (Å²) >= 11 is 1.78. The number of aryl methyl sites for hydroxylation is 1. The molecule has 168 valence electrons. The van der Waals surface area contributed by atoms with Gasteiger partial charge in [-0.15, -0.1) is 35.3 Å². The molecule has 0 amide bonds. The highest BCUT2D eigenvalue weighted by Crippen LogP contribution is 2.17. The lowest BCUT2D eigenvalue weighted by Crippen LogP contribution is -2.47. The lowest BCUT2D eigenvalue weighted by atomic mass is 10.1. The van der Waals surface area contributed by atoms with E-state index in [4.69, 9.17) is 14.5 Å². The van der Waals surface area contributed by atoms with Gasteiger partial charge in [-0.05, 0) is 30.0 Å². The molecule has 0 saturated heterocycles. The van der Waals surface area contributed by atoms with Gasteiger partial charge in [0.15, 0.2) is 11.8 Å². The SMILES string of the molecule is CC(C)c1nc2n(n1)CC(NC(=NCCc1cccs1)NCCc1ccco1)CC2.I. The molecule has 3 aromatic rings. The zero-order valence-corrected chi connectivity index (χ0v) is 21.2. The topological polar surface area (TPSA) is 80.3 Å². The van der Waals surface area contributed by atoms with E-state index >= 15 is 0 Å². The Morgan fingerprint density at radius 3 is 2.97 bits per heavy atom. The Balaban J connectivity index is 0.00000272. The number of halogens is 1. The van der Waals surface area contributed by atoms with Gasteiger partial charge in [0.2, 0.25) is 0 Å². The molecule has 3 aromatic heterocycles. The summed E-state index contributed by atoms with van der Waals surface area (Å²) in [6, 6.07) is 8.47. The van der Waals surface area contributed by atoms with Gasteiger partial charge in [0.05, 0.1) is 12.8 Å². The van der Waals surface area contributed by atoms with Crippen molar-refractivity contribution in [3.63, 3.8) is 0 Å². The highest BCUT2D eigenvalue weighted by atomic mass is 127. The predicted molar refractivity (Wildman–Crippen MR) is 136 cm³/mol. The molecule has 0 radical (unpaired) electrons. The average molecular weight is 555 g/mol. The van der Waals surface area contributed by atoms with Gasteiger partial charge in [0, 0.05) is 49.2 Å². The number of nitrogens with zero attached hydrogens (tertiary/aromatic N) is 4. The average Bonchev–Trinajstić information content (AvgIpc) is 3.49. The zero-order valence-electron chi connectivity index (χ0n) is 18.1. The fourth-order valence-electron chi connectivity index (χ4n) is 3.53. The number of aromatic nitrogens is 3. The maximum atomic E-state index is 5.44. The van der Waals surface area contributed by atoms with E-state index in [9.17, 15) is 0 Å². The zero-order chi connectivity index (χ0) is 20.8. The number of fused-ring (bicyclic) bond motifs is 1. The van der Waals surface area contributed by atoms with Crippen LogP contribution in [0.25, 0.3) is 0 Å². The third-order valence-corrected chi connectivity index (χ3v) is 6.12. The third kappa shape index (κ3) is 6.80. The molecule has 0 aliphatic carbocycles. The van der Waals surface area contributed by atoms with E-state index in [1.54, 1.807) is 17.6 Å². The number of guanidine groups is 1. The Morgan fingerprint density at radius 2 is 2.23 bits per heavy atom. The molecular formula is C22H31IN6OS. The van der Waals surface area contributed by atoms with E-state index in [0.29, 0.717) is 5.92 Å². The van der Waals surface area contributed by atoms with Gasteiger partial charge in [-0.1, -0.05) is 19.9 Å². The van der Waals surface area contributed by atoms with Crippen molar-refractivity contribution in [2.45, 2.75) is 58.0 Å². The molecule has 1 atom stereocenters. The molecule has 0 aromatic carbocycles. The Kier molecular flexibility index (Phi) is 8.94. The highest BCUT2D eigenvalue weighted by Gasteiger charge is 2.23. The molecule has 0 fully saturated rings. The molecule has 1 unspecified atom stereocenters. The maximum Gasteiger partial charge on any atom is 0.191 e. The second-order valence-electron chi connectivity index (χ2n) is 7.92. The van der Waals surface area contributed by atoms with E-state index in [0.717, 1.165) is 68.7 Å². The minimum atomic E-state index is 0. The molecule has 2 N–H and O–H groups in total. The molecule has 4 rings (SSSR count). The van der Waals surface area contributed by atoms with Gasteiger partial charge in [0.1, 0.15) is 11.6 Å². The van der Waals surface area contributed by atoms with Gasteiger partial charge in [-0.2, -0.15) is 5.10 Å². The van der Waals surface area contributed by atoms with E-state index in [-0.39, 0.29) is 30.0 Å². The Hall–Kier alpha value is -1.88. The van der Waals surface area contributed by atoms with Crippen LogP contribution in [-0.2, 0) is 25.8 Å². The van der Waals surface area contributed by atoms with Crippen LogP contribution in [0.15, 0.2) is 45.3 Å². The van der Waals surface area contributed by atoms with Crippen molar-refractivity contribution < 1.29 is 4.42 Å². The minimum absolute atomic E-state index is 0. The first-order valence-electron chi connectivity index (χ1n) is 10.7. The summed E-state index contributed by atoms with van der Waals surface area (Å²) < 4.78 is 7.50. The monoisotopic (exact) mass is 554 g/mol. The van der Waals surface area contributed by atoms with Gasteiger partial charge in [-0.25, -0.2) is 9.67 Å². The van der Waals surface area contributed by atoms with Crippen LogP contribution in [-0.4, -0.2) is 39.9 Å². The largest absolute Gasteiger partial charge is 0.469 e. The lowest BCUT2D eigenvalue weighted by Gasteiger charge is -2.25. The molecule has 0 bridgehead atoms. The Morgan fingerprint density at radius 1 is 1.32 bits per heavy atom. The normalized spacial score (nSPS) is 16.1. The van der Waals surface area contributed by atoms with Crippen molar-refractivity contribution >= 4 is 41.3 Å². The molecular weight excluding hydrogens is 523 g/mol. The standard InChI is InChI=1S/C22H30N6OS.HI/c1-16(2)21-26-20-8-7-17(15-28(20)27-21)25-22(23-11-9-18-5-3-13-29-18)24-12-10-19-6-4-14-30-19;/h3-6,13-14,16-17H,7-12,15H2,1-2H3,(H2,23,24,25);1H. The molecule has 9 heteroatoms. The number of hydrogen-bond donors (Lipinski definition) is 2. The second-order valence-corrected chi connectivity index (χ2v) is 8.95. The van der Waals surface area contributed by atoms with Crippen LogP contribution in [0.1, 0.15) is 48.5 Å². The van der Waals surface area contributed by atoms with E-state index < -0.39 is 0 Å². The number of aliphatic imine (C=N–C) groups is 1. The summed E-state index contributed by atoms with van der Waals surface area (Å²) in [6.45, 7) is 6.63. The summed E-state index contributed by atoms with van der Waals surface area (Å²) in [5.41, 5.74) is 0. The smallest absolute Gasteiger partial charge is 0.191 e. The summed E-state index contributed by atoms with van der Waals surface area (Å²) in [5, 5.41) is 13.9. The molecule has 1 aliphatic rings. The molecule has 0 saturated carbocycles. The van der Waals surface area contributed by atoms with E-state index in [1.165, 1.54) is 4.88 Å². The van der Waals surface area contributed by atoms with Crippen LogP contribution in [0, 0.1) is 0 Å². The van der Waals surface area contributed by atoms with Crippen molar-refractivity contribution in [1.29, 1.82) is 0 Å². The Bertz CT molecular complexity index is 936. The fraction of sp³-hybridized carbons (Fsp3) is 0.500. The first-order chi connectivity index (χ1) is 14.7. The summed E-state index contributed by atoms with van der Waals surface area (Å²) in [7, 11) is 0. The van der Waals surface area contributed by atoms with Crippen LogP contribution in [0.2, 0.25) is 0 Å². The van der Waals surface area contributed by atoms with Crippen LogP contribution in [0.4, 0.5) is 0 Å². The van der Waals surface area contributed by atoms with E-state index in [2.05, 4.69) is 51.7 Å². The Labute approximate surface area is 204 Å². The predicted octanol–water partition coefficient (Wildman–Crippen LogP) is 4.01. The molecule has 7 nitrogen and oxygen atoms in total. The third-order valence-electron chi connectivity index (χ3n) is 5.18. The summed E-state index contributed by atoms with van der Waals surface area (Å²) in [6.07, 6.45) is 5.46. The van der Waals surface area contributed by atoms with Gasteiger partial charge < -0.3 is 15.1 Å². The van der Waals surface area contributed by atoms with E-state index in [1.807, 2.05) is 12.1 Å². The number of furan rings is 1. The first-order valence-corrected chi connectivity index (χ1v) is 11.6. The minimum Gasteiger partial charge on any atom is -0.469 e. The molecule has 0 spiro atoms. The molecule has 1 aliphatic heterocycles. The van der Waals surface area contributed by atoms with Gasteiger partial charge in [-0.3, -0.25) is 4.99 Å². The lowest BCUT2D eigenvalue weighted by molar-refractivity contribution is 0.391. The second kappa shape index (κ2) is 11.7. The number of hydrogen-bond acceptors (Lipinski definition) is 5. The first kappa shape index (κ1) is 23.8. The maximum absolute atomic E-state index is 5.44. The number of thiophene rings is 1. The van der Waals surface area contributed by atoms with Crippen LogP contribution in [0.5, 0.6) is 0 Å². The van der Waals surface area contributed by atoms with Crippen molar-refractivity contribution in [3.05, 3.63) is 58.2 Å². The van der Waals surface area contributed by atoms with Crippen molar-refractivity contribution in [2.24, 2.45) is 4.99 Å². The number of nitrogens with one attached hydrogen (secondary N) is 2.